The summed E-state index contributed by atoms with van der Waals surface area (Å²) in [7, 11) is 0. The molecule has 2 amide bonds. The molecule has 8 heteroatoms. The minimum Gasteiger partial charge on any atom is -0.484 e. The topological polar surface area (TPSA) is 81.4 Å². The molecule has 126 valence electrons. The van der Waals surface area contributed by atoms with Crippen LogP contribution in [-0.4, -0.2) is 18.4 Å². The first-order chi connectivity index (χ1) is 11.3. The highest BCUT2D eigenvalue weighted by molar-refractivity contribution is 5.95. The van der Waals surface area contributed by atoms with Gasteiger partial charge in [0.15, 0.2) is 6.61 Å². The third-order valence-corrected chi connectivity index (χ3v) is 3.00. The lowest BCUT2D eigenvalue weighted by molar-refractivity contribution is -0.137. The van der Waals surface area contributed by atoms with Gasteiger partial charge in [0.1, 0.15) is 5.75 Å². The van der Waals surface area contributed by atoms with E-state index in [2.05, 4.69) is 5.32 Å². The molecule has 0 radical (unpaired) electrons. The molecule has 24 heavy (non-hydrogen) atoms. The Hall–Kier alpha value is -3.03. The minimum atomic E-state index is -4.42. The Bertz CT molecular complexity index is 726. The van der Waals surface area contributed by atoms with Crippen molar-refractivity contribution < 1.29 is 27.5 Å². The summed E-state index contributed by atoms with van der Waals surface area (Å²) < 4.78 is 42.4. The van der Waals surface area contributed by atoms with Gasteiger partial charge in [0.25, 0.3) is 5.91 Å². The van der Waals surface area contributed by atoms with Gasteiger partial charge in [-0.1, -0.05) is 0 Å². The van der Waals surface area contributed by atoms with Crippen LogP contribution in [-0.2, 0) is 11.0 Å². The van der Waals surface area contributed by atoms with Gasteiger partial charge in [0.05, 0.1) is 5.56 Å². The minimum absolute atomic E-state index is 0.141. The lowest BCUT2D eigenvalue weighted by Crippen LogP contribution is -2.20. The summed E-state index contributed by atoms with van der Waals surface area (Å²) in [6.45, 7) is -0.372. The van der Waals surface area contributed by atoms with Gasteiger partial charge in [-0.05, 0) is 48.5 Å². The second-order valence-corrected chi connectivity index (χ2v) is 4.80. The van der Waals surface area contributed by atoms with Gasteiger partial charge >= 0.3 is 6.18 Å². The van der Waals surface area contributed by atoms with Crippen molar-refractivity contribution in [2.45, 2.75) is 6.18 Å². The van der Waals surface area contributed by atoms with Gasteiger partial charge in [0.2, 0.25) is 5.91 Å². The number of nitrogens with one attached hydrogen (secondary N) is 1. The number of carbonyl (C=O) groups is 2. The maximum absolute atomic E-state index is 12.4. The molecule has 2 rings (SSSR count). The van der Waals surface area contributed by atoms with Crippen LogP contribution in [0.4, 0.5) is 18.9 Å². The smallest absolute Gasteiger partial charge is 0.416 e. The molecule has 0 aromatic heterocycles. The highest BCUT2D eigenvalue weighted by Gasteiger charge is 2.30. The molecular weight excluding hydrogens is 325 g/mol. The van der Waals surface area contributed by atoms with E-state index in [1.165, 1.54) is 24.3 Å². The summed E-state index contributed by atoms with van der Waals surface area (Å²) in [5.74, 6) is -0.942. The molecule has 0 aliphatic heterocycles. The summed E-state index contributed by atoms with van der Waals surface area (Å²) in [5.41, 5.74) is 5.03. The van der Waals surface area contributed by atoms with Gasteiger partial charge in [-0.2, -0.15) is 13.2 Å². The zero-order chi connectivity index (χ0) is 17.7. The molecule has 2 aromatic rings. The molecule has 0 heterocycles. The largest absolute Gasteiger partial charge is 0.484 e. The monoisotopic (exact) mass is 338 g/mol. The third-order valence-electron chi connectivity index (χ3n) is 3.00. The van der Waals surface area contributed by atoms with Crippen molar-refractivity contribution in [1.82, 2.24) is 0 Å². The molecule has 0 unspecified atom stereocenters. The van der Waals surface area contributed by atoms with Crippen LogP contribution in [0.3, 0.4) is 0 Å². The SMILES string of the molecule is NC(=O)c1ccc(NC(=O)COc2ccc(C(F)(F)F)cc2)cc1. The van der Waals surface area contributed by atoms with E-state index in [9.17, 15) is 22.8 Å². The van der Waals surface area contributed by atoms with Crippen LogP contribution in [0.5, 0.6) is 5.75 Å². The van der Waals surface area contributed by atoms with E-state index in [-0.39, 0.29) is 12.4 Å². The van der Waals surface area contributed by atoms with E-state index in [0.717, 1.165) is 24.3 Å². The fourth-order valence-corrected chi connectivity index (χ4v) is 1.80. The Morgan fingerprint density at radius 1 is 1.00 bits per heavy atom. The van der Waals surface area contributed by atoms with Crippen LogP contribution in [0.25, 0.3) is 0 Å². The molecule has 5 nitrogen and oxygen atoms in total. The third kappa shape index (κ3) is 4.73. The van der Waals surface area contributed by atoms with Crippen LogP contribution in [0, 0.1) is 0 Å². The van der Waals surface area contributed by atoms with Crippen molar-refractivity contribution >= 4 is 17.5 Å². The number of nitrogens with two attached hydrogens (primary N) is 1. The van der Waals surface area contributed by atoms with Crippen LogP contribution >= 0.6 is 0 Å². The number of amides is 2. The summed E-state index contributed by atoms with van der Waals surface area (Å²) in [6.07, 6.45) is -4.42. The van der Waals surface area contributed by atoms with Crippen LogP contribution < -0.4 is 15.8 Å². The number of carbonyl (C=O) groups excluding carboxylic acids is 2. The molecule has 0 saturated heterocycles. The van der Waals surface area contributed by atoms with Crippen molar-refractivity contribution in [2.75, 3.05) is 11.9 Å². The quantitative estimate of drug-likeness (QED) is 0.879. The molecule has 0 aliphatic carbocycles. The average molecular weight is 338 g/mol. The predicted molar refractivity (Wildman–Crippen MR) is 80.5 cm³/mol. The number of hydrogen-bond donors (Lipinski definition) is 2. The van der Waals surface area contributed by atoms with E-state index in [0.29, 0.717) is 11.3 Å². The van der Waals surface area contributed by atoms with Gasteiger partial charge in [-0.25, -0.2) is 0 Å². The maximum Gasteiger partial charge on any atom is 0.416 e. The van der Waals surface area contributed by atoms with Crippen LogP contribution in [0.15, 0.2) is 48.5 Å². The second-order valence-electron chi connectivity index (χ2n) is 4.80. The summed E-state index contributed by atoms with van der Waals surface area (Å²) in [6, 6.07) is 9.91. The Labute approximate surface area is 135 Å². The maximum atomic E-state index is 12.4. The Morgan fingerprint density at radius 2 is 1.58 bits per heavy atom. The Morgan fingerprint density at radius 3 is 2.08 bits per heavy atom. The number of anilines is 1. The number of halogens is 3. The molecule has 0 saturated carbocycles. The van der Waals surface area contributed by atoms with E-state index < -0.39 is 23.6 Å². The standard InChI is InChI=1S/C16H13F3N2O3/c17-16(18,19)11-3-7-13(8-4-11)24-9-14(22)21-12-5-1-10(2-6-12)15(20)23/h1-8H,9H2,(H2,20,23)(H,21,22). The molecule has 0 fully saturated rings. The van der Waals surface area contributed by atoms with E-state index in [1.807, 2.05) is 0 Å². The highest BCUT2D eigenvalue weighted by Crippen LogP contribution is 2.30. The predicted octanol–water partition coefficient (Wildman–Crippen LogP) is 2.82. The van der Waals surface area contributed by atoms with E-state index >= 15 is 0 Å². The fraction of sp³-hybridized carbons (Fsp3) is 0.125. The lowest BCUT2D eigenvalue weighted by atomic mass is 10.2. The second kappa shape index (κ2) is 7.03. The van der Waals surface area contributed by atoms with E-state index in [1.54, 1.807) is 0 Å². The highest BCUT2D eigenvalue weighted by atomic mass is 19.4. The van der Waals surface area contributed by atoms with Crippen molar-refractivity contribution in [3.63, 3.8) is 0 Å². The summed E-state index contributed by atoms with van der Waals surface area (Å²) in [5, 5.41) is 2.52. The first kappa shape index (κ1) is 17.3. The Kier molecular flexibility index (Phi) is 5.08. The summed E-state index contributed by atoms with van der Waals surface area (Å²) >= 11 is 0. The molecule has 3 N–H and O–H groups in total. The molecule has 0 aliphatic rings. The number of alkyl halides is 3. The Balaban J connectivity index is 1.87. The molecular formula is C16H13F3N2O3. The van der Waals surface area contributed by atoms with Gasteiger partial charge < -0.3 is 15.8 Å². The number of rotatable bonds is 5. The van der Waals surface area contributed by atoms with Crippen molar-refractivity contribution in [1.29, 1.82) is 0 Å². The van der Waals surface area contributed by atoms with Gasteiger partial charge in [-0.3, -0.25) is 9.59 Å². The summed E-state index contributed by atoms with van der Waals surface area (Å²) in [4.78, 5) is 22.6. The normalized spacial score (nSPS) is 11.0. The first-order valence-corrected chi connectivity index (χ1v) is 6.75. The van der Waals surface area contributed by atoms with Crippen molar-refractivity contribution in [3.8, 4) is 5.75 Å². The molecule has 0 atom stereocenters. The molecule has 0 spiro atoms. The van der Waals surface area contributed by atoms with Gasteiger partial charge in [-0.15, -0.1) is 0 Å². The van der Waals surface area contributed by atoms with Crippen molar-refractivity contribution in [2.24, 2.45) is 5.73 Å². The molecule has 2 aromatic carbocycles. The van der Waals surface area contributed by atoms with E-state index in [4.69, 9.17) is 10.5 Å². The number of ether oxygens (including phenoxy) is 1. The van der Waals surface area contributed by atoms with Crippen LogP contribution in [0.2, 0.25) is 0 Å². The molecule has 0 bridgehead atoms. The lowest BCUT2D eigenvalue weighted by Gasteiger charge is -2.09. The zero-order valence-electron chi connectivity index (χ0n) is 12.3. The van der Waals surface area contributed by atoms with Crippen LogP contribution in [0.1, 0.15) is 15.9 Å². The fourth-order valence-electron chi connectivity index (χ4n) is 1.80. The number of hydrogen-bond acceptors (Lipinski definition) is 3. The number of primary amides is 1. The number of benzene rings is 2. The van der Waals surface area contributed by atoms with Gasteiger partial charge in [0, 0.05) is 11.3 Å². The zero-order valence-corrected chi connectivity index (χ0v) is 12.3. The first-order valence-electron chi connectivity index (χ1n) is 6.75. The van der Waals surface area contributed by atoms with Crippen molar-refractivity contribution in [3.05, 3.63) is 59.7 Å². The average Bonchev–Trinajstić information content (AvgIpc) is 2.53.